The van der Waals surface area contributed by atoms with Crippen LogP contribution in [0.5, 0.6) is 0 Å². The van der Waals surface area contributed by atoms with E-state index in [1.807, 2.05) is 12.4 Å². The maximum Gasteiger partial charge on any atom is 0.111 e. The third-order valence-corrected chi connectivity index (χ3v) is 4.74. The number of aryl methyl sites for hydroxylation is 2. The first-order valence-electron chi connectivity index (χ1n) is 7.81. The molecule has 4 nitrogen and oxygen atoms in total. The van der Waals surface area contributed by atoms with E-state index in [0.717, 1.165) is 30.2 Å². The summed E-state index contributed by atoms with van der Waals surface area (Å²) < 4.78 is 2.34. The number of imidazole rings is 1. The summed E-state index contributed by atoms with van der Waals surface area (Å²) in [5.74, 6) is 2.55. The fourth-order valence-corrected chi connectivity index (χ4v) is 3.39. The molecule has 1 aliphatic heterocycles. The predicted molar refractivity (Wildman–Crippen MR) is 86.8 cm³/mol. The molecule has 5 heteroatoms. The third-order valence-electron chi connectivity index (χ3n) is 4.55. The number of aromatic nitrogens is 3. The number of hydrogen-bond donors (Lipinski definition) is 0. The van der Waals surface area contributed by atoms with E-state index < -0.39 is 0 Å². The van der Waals surface area contributed by atoms with Crippen molar-refractivity contribution in [1.29, 1.82) is 0 Å². The van der Waals surface area contributed by atoms with E-state index in [9.17, 15) is 0 Å². The van der Waals surface area contributed by atoms with Crippen LogP contribution >= 0.6 is 11.6 Å². The number of fused-ring (bicyclic) bond motifs is 1. The standard InChI is InChI=1S/C16H23ClN4/c1-20-9-4-13(5-10-20)6-11-21-15-3-8-18-12-14(15)19-16(21)2-7-17/h3,8,12-13H,2,4-7,9-11H2,1H3. The number of alkyl halides is 1. The first-order chi connectivity index (χ1) is 10.3. The number of pyridine rings is 1. The Morgan fingerprint density at radius 1 is 1.33 bits per heavy atom. The number of likely N-dealkylation sites (tertiary alicyclic amines) is 1. The lowest BCUT2D eigenvalue weighted by molar-refractivity contribution is 0.208. The van der Waals surface area contributed by atoms with E-state index in [0.29, 0.717) is 5.88 Å². The van der Waals surface area contributed by atoms with Crippen LogP contribution in [0.1, 0.15) is 25.1 Å². The number of halogens is 1. The van der Waals surface area contributed by atoms with Gasteiger partial charge in [-0.25, -0.2) is 4.98 Å². The van der Waals surface area contributed by atoms with Crippen LogP contribution in [0.25, 0.3) is 11.0 Å². The SMILES string of the molecule is CN1CCC(CCn2c(CCCl)nc3cnccc32)CC1. The normalized spacial score (nSPS) is 17.6. The Labute approximate surface area is 131 Å². The minimum atomic E-state index is 0.616. The van der Waals surface area contributed by atoms with Crippen LogP contribution in [0.15, 0.2) is 18.5 Å². The molecule has 1 aliphatic rings. The molecule has 0 N–H and O–H groups in total. The van der Waals surface area contributed by atoms with E-state index in [4.69, 9.17) is 11.6 Å². The zero-order valence-electron chi connectivity index (χ0n) is 12.6. The summed E-state index contributed by atoms with van der Waals surface area (Å²) in [6.07, 6.45) is 8.38. The van der Waals surface area contributed by atoms with Crippen LogP contribution in [-0.2, 0) is 13.0 Å². The van der Waals surface area contributed by atoms with E-state index >= 15 is 0 Å². The van der Waals surface area contributed by atoms with Gasteiger partial charge in [0.05, 0.1) is 11.7 Å². The molecular formula is C16H23ClN4. The molecule has 0 saturated carbocycles. The summed E-state index contributed by atoms with van der Waals surface area (Å²) in [5.41, 5.74) is 2.18. The summed E-state index contributed by atoms with van der Waals surface area (Å²) >= 11 is 5.93. The second-order valence-electron chi connectivity index (χ2n) is 6.02. The van der Waals surface area contributed by atoms with Gasteiger partial charge < -0.3 is 9.47 Å². The van der Waals surface area contributed by atoms with Gasteiger partial charge in [0.2, 0.25) is 0 Å². The zero-order chi connectivity index (χ0) is 14.7. The average Bonchev–Trinajstić information content (AvgIpc) is 2.85. The fourth-order valence-electron chi connectivity index (χ4n) is 3.22. The zero-order valence-corrected chi connectivity index (χ0v) is 13.4. The van der Waals surface area contributed by atoms with Crippen molar-refractivity contribution >= 4 is 22.6 Å². The molecule has 1 fully saturated rings. The van der Waals surface area contributed by atoms with Gasteiger partial charge in [-0.3, -0.25) is 4.98 Å². The summed E-state index contributed by atoms with van der Waals surface area (Å²) in [7, 11) is 2.21. The Kier molecular flexibility index (Phi) is 4.76. The van der Waals surface area contributed by atoms with Crippen molar-refractivity contribution in [2.45, 2.75) is 32.2 Å². The molecule has 1 saturated heterocycles. The second-order valence-corrected chi connectivity index (χ2v) is 6.40. The van der Waals surface area contributed by atoms with E-state index in [1.54, 1.807) is 0 Å². The molecule has 0 aliphatic carbocycles. The van der Waals surface area contributed by atoms with Gasteiger partial charge in [0.25, 0.3) is 0 Å². The molecule has 0 bridgehead atoms. The molecule has 21 heavy (non-hydrogen) atoms. The lowest BCUT2D eigenvalue weighted by atomic mass is 9.94. The molecule has 3 heterocycles. The number of hydrogen-bond acceptors (Lipinski definition) is 3. The Bertz CT molecular complexity index is 587. The second kappa shape index (κ2) is 6.75. The van der Waals surface area contributed by atoms with Crippen molar-refractivity contribution in [3.63, 3.8) is 0 Å². The van der Waals surface area contributed by atoms with E-state index in [2.05, 4.69) is 32.5 Å². The van der Waals surface area contributed by atoms with Gasteiger partial charge in [0.1, 0.15) is 11.3 Å². The minimum absolute atomic E-state index is 0.616. The van der Waals surface area contributed by atoms with Crippen molar-refractivity contribution in [2.75, 3.05) is 26.0 Å². The van der Waals surface area contributed by atoms with Gasteiger partial charge in [-0.1, -0.05) is 0 Å². The maximum absolute atomic E-state index is 5.93. The topological polar surface area (TPSA) is 34.0 Å². The van der Waals surface area contributed by atoms with Crippen LogP contribution in [0.2, 0.25) is 0 Å². The van der Waals surface area contributed by atoms with Gasteiger partial charge in [-0.15, -0.1) is 11.6 Å². The Morgan fingerprint density at radius 3 is 2.90 bits per heavy atom. The summed E-state index contributed by atoms with van der Waals surface area (Å²) in [6, 6.07) is 2.06. The van der Waals surface area contributed by atoms with Gasteiger partial charge >= 0.3 is 0 Å². The highest BCUT2D eigenvalue weighted by Gasteiger charge is 2.18. The molecule has 2 aromatic rings. The lowest BCUT2D eigenvalue weighted by Crippen LogP contribution is -2.30. The van der Waals surface area contributed by atoms with Gasteiger partial charge in [-0.2, -0.15) is 0 Å². The highest BCUT2D eigenvalue weighted by Crippen LogP contribution is 2.23. The van der Waals surface area contributed by atoms with Gasteiger partial charge in [0.15, 0.2) is 0 Å². The van der Waals surface area contributed by atoms with Gasteiger partial charge in [0, 0.05) is 25.0 Å². The molecule has 0 aromatic carbocycles. The quantitative estimate of drug-likeness (QED) is 0.797. The number of nitrogens with zero attached hydrogens (tertiary/aromatic N) is 4. The lowest BCUT2D eigenvalue weighted by Gasteiger charge is -2.29. The molecule has 0 unspecified atom stereocenters. The Balaban J connectivity index is 1.74. The largest absolute Gasteiger partial charge is 0.328 e. The van der Waals surface area contributed by atoms with Crippen molar-refractivity contribution in [2.24, 2.45) is 5.92 Å². The smallest absolute Gasteiger partial charge is 0.111 e. The van der Waals surface area contributed by atoms with Crippen LogP contribution < -0.4 is 0 Å². The summed E-state index contributed by atoms with van der Waals surface area (Å²) in [6.45, 7) is 3.50. The summed E-state index contributed by atoms with van der Waals surface area (Å²) in [5, 5.41) is 0. The highest BCUT2D eigenvalue weighted by molar-refractivity contribution is 6.17. The molecule has 0 spiro atoms. The van der Waals surface area contributed by atoms with Crippen molar-refractivity contribution < 1.29 is 0 Å². The van der Waals surface area contributed by atoms with Crippen molar-refractivity contribution in [3.05, 3.63) is 24.3 Å². The highest BCUT2D eigenvalue weighted by atomic mass is 35.5. The molecular weight excluding hydrogens is 284 g/mol. The number of piperidine rings is 1. The minimum Gasteiger partial charge on any atom is -0.328 e. The molecule has 0 radical (unpaired) electrons. The Morgan fingerprint density at radius 2 is 2.14 bits per heavy atom. The molecule has 0 atom stereocenters. The van der Waals surface area contributed by atoms with Crippen LogP contribution in [0.3, 0.4) is 0 Å². The molecule has 114 valence electrons. The predicted octanol–water partition coefficient (Wildman–Crippen LogP) is 2.94. The molecule has 2 aromatic heterocycles. The van der Waals surface area contributed by atoms with Gasteiger partial charge in [-0.05, 0) is 51.4 Å². The maximum atomic E-state index is 5.93. The fraction of sp³-hybridized carbons (Fsp3) is 0.625. The van der Waals surface area contributed by atoms with Crippen molar-refractivity contribution in [3.8, 4) is 0 Å². The number of rotatable bonds is 5. The molecule has 0 amide bonds. The molecule has 3 rings (SSSR count). The third kappa shape index (κ3) is 3.38. The van der Waals surface area contributed by atoms with E-state index in [-0.39, 0.29) is 0 Å². The van der Waals surface area contributed by atoms with Crippen LogP contribution in [0.4, 0.5) is 0 Å². The first kappa shape index (κ1) is 14.8. The monoisotopic (exact) mass is 306 g/mol. The Hall–Kier alpha value is -1.13. The average molecular weight is 307 g/mol. The van der Waals surface area contributed by atoms with Crippen LogP contribution in [-0.4, -0.2) is 45.5 Å². The first-order valence-corrected chi connectivity index (χ1v) is 8.35. The van der Waals surface area contributed by atoms with Crippen LogP contribution in [0, 0.1) is 5.92 Å². The van der Waals surface area contributed by atoms with Crippen molar-refractivity contribution in [1.82, 2.24) is 19.4 Å². The summed E-state index contributed by atoms with van der Waals surface area (Å²) in [4.78, 5) is 11.3. The van der Waals surface area contributed by atoms with E-state index in [1.165, 1.54) is 37.9 Å².